The minimum Gasteiger partial charge on any atom is -0.494 e. The summed E-state index contributed by atoms with van der Waals surface area (Å²) in [5.74, 6) is 1.02. The van der Waals surface area contributed by atoms with Crippen molar-refractivity contribution in [1.29, 1.82) is 0 Å². The van der Waals surface area contributed by atoms with Crippen molar-refractivity contribution in [2.45, 2.75) is 31.9 Å². The Balaban J connectivity index is 1.86. The largest absolute Gasteiger partial charge is 0.494 e. The molecule has 1 aliphatic heterocycles. The standard InChI is InChI=1S/C16H21NO3S/c1-3-20-14-6-4-5-13(9-14)7-8-17-11-15(10-16(17)19)21-12(2)18/h4-6,9,15H,3,7-8,10-11H2,1-2H3. The smallest absolute Gasteiger partial charge is 0.223 e. The van der Waals surface area contributed by atoms with Crippen LogP contribution in [0.2, 0.25) is 0 Å². The van der Waals surface area contributed by atoms with Crippen molar-refractivity contribution in [3.05, 3.63) is 29.8 Å². The first-order chi connectivity index (χ1) is 10.1. The van der Waals surface area contributed by atoms with Gasteiger partial charge in [-0.05, 0) is 31.0 Å². The molecule has 0 aromatic heterocycles. The molecule has 21 heavy (non-hydrogen) atoms. The van der Waals surface area contributed by atoms with Gasteiger partial charge in [0.1, 0.15) is 5.75 Å². The quantitative estimate of drug-likeness (QED) is 0.810. The van der Waals surface area contributed by atoms with Crippen molar-refractivity contribution in [3.63, 3.8) is 0 Å². The van der Waals surface area contributed by atoms with Crippen molar-refractivity contribution < 1.29 is 14.3 Å². The second-order valence-electron chi connectivity index (χ2n) is 5.11. The predicted octanol–water partition coefficient (Wildman–Crippen LogP) is 2.51. The molecule has 1 atom stereocenters. The highest BCUT2D eigenvalue weighted by Crippen LogP contribution is 2.24. The van der Waals surface area contributed by atoms with Crippen molar-refractivity contribution in [2.24, 2.45) is 0 Å². The lowest BCUT2D eigenvalue weighted by atomic mass is 10.1. The number of carbonyl (C=O) groups excluding carboxylic acids is 2. The molecule has 1 aromatic rings. The number of thioether (sulfide) groups is 1. The van der Waals surface area contributed by atoms with Crippen molar-refractivity contribution in [2.75, 3.05) is 19.7 Å². The van der Waals surface area contributed by atoms with Crippen LogP contribution < -0.4 is 4.74 Å². The number of carbonyl (C=O) groups is 2. The molecule has 5 heteroatoms. The Labute approximate surface area is 129 Å². The molecule has 1 heterocycles. The summed E-state index contributed by atoms with van der Waals surface area (Å²) < 4.78 is 5.48. The first-order valence-electron chi connectivity index (χ1n) is 7.25. The normalized spacial score (nSPS) is 18.1. The van der Waals surface area contributed by atoms with E-state index in [1.807, 2.05) is 36.1 Å². The Hall–Kier alpha value is -1.49. The number of hydrogen-bond acceptors (Lipinski definition) is 4. The third-order valence-electron chi connectivity index (χ3n) is 3.39. The van der Waals surface area contributed by atoms with Gasteiger partial charge in [0, 0.05) is 31.7 Å². The van der Waals surface area contributed by atoms with E-state index in [1.54, 1.807) is 6.92 Å². The third kappa shape index (κ3) is 4.77. The van der Waals surface area contributed by atoms with E-state index in [4.69, 9.17) is 4.74 Å². The summed E-state index contributed by atoms with van der Waals surface area (Å²) in [5.41, 5.74) is 1.16. The van der Waals surface area contributed by atoms with E-state index in [0.29, 0.717) is 26.1 Å². The lowest BCUT2D eigenvalue weighted by molar-refractivity contribution is -0.127. The fraction of sp³-hybridized carbons (Fsp3) is 0.500. The summed E-state index contributed by atoms with van der Waals surface area (Å²) >= 11 is 1.28. The van der Waals surface area contributed by atoms with Crippen LogP contribution >= 0.6 is 11.8 Å². The molecule has 1 amide bonds. The first-order valence-corrected chi connectivity index (χ1v) is 8.13. The summed E-state index contributed by atoms with van der Waals surface area (Å²) in [5, 5.41) is 0.198. The lowest BCUT2D eigenvalue weighted by Gasteiger charge is -2.16. The first kappa shape index (κ1) is 15.9. The van der Waals surface area contributed by atoms with Gasteiger partial charge in [-0.3, -0.25) is 9.59 Å². The number of hydrogen-bond donors (Lipinski definition) is 0. The van der Waals surface area contributed by atoms with E-state index in [9.17, 15) is 9.59 Å². The molecule has 1 aromatic carbocycles. The Morgan fingerprint density at radius 1 is 1.48 bits per heavy atom. The summed E-state index contributed by atoms with van der Waals surface area (Å²) in [4.78, 5) is 24.9. The zero-order valence-electron chi connectivity index (χ0n) is 12.5. The number of benzene rings is 1. The van der Waals surface area contributed by atoms with E-state index in [0.717, 1.165) is 17.7 Å². The van der Waals surface area contributed by atoms with Gasteiger partial charge in [-0.15, -0.1) is 0 Å². The molecule has 0 spiro atoms. The van der Waals surface area contributed by atoms with Gasteiger partial charge in [0.2, 0.25) is 5.91 Å². The number of likely N-dealkylation sites (tertiary alicyclic amines) is 1. The van der Waals surface area contributed by atoms with E-state index in [-0.39, 0.29) is 16.3 Å². The van der Waals surface area contributed by atoms with Gasteiger partial charge in [0.05, 0.1) is 6.61 Å². The predicted molar refractivity (Wildman–Crippen MR) is 84.6 cm³/mol. The average molecular weight is 307 g/mol. The number of rotatable bonds is 6. The summed E-state index contributed by atoms with van der Waals surface area (Å²) in [6.45, 7) is 5.54. The number of ether oxygens (including phenoxy) is 1. The highest BCUT2D eigenvalue weighted by Gasteiger charge is 2.30. The van der Waals surface area contributed by atoms with Crippen LogP contribution in [0, 0.1) is 0 Å². The maximum absolute atomic E-state index is 11.9. The van der Waals surface area contributed by atoms with Crippen LogP contribution in [-0.4, -0.2) is 40.9 Å². The Kier molecular flexibility index (Phi) is 5.67. The molecule has 0 saturated carbocycles. The summed E-state index contributed by atoms with van der Waals surface area (Å²) in [6.07, 6.45) is 1.29. The Bertz CT molecular complexity index is 518. The maximum Gasteiger partial charge on any atom is 0.223 e. The van der Waals surface area contributed by atoms with Gasteiger partial charge in [0.25, 0.3) is 0 Å². The molecule has 4 nitrogen and oxygen atoms in total. The summed E-state index contributed by atoms with van der Waals surface area (Å²) in [7, 11) is 0. The Morgan fingerprint density at radius 2 is 2.29 bits per heavy atom. The fourth-order valence-corrected chi connectivity index (χ4v) is 3.44. The van der Waals surface area contributed by atoms with E-state index >= 15 is 0 Å². The molecule has 1 fully saturated rings. The highest BCUT2D eigenvalue weighted by atomic mass is 32.2. The fourth-order valence-electron chi connectivity index (χ4n) is 2.49. The zero-order valence-corrected chi connectivity index (χ0v) is 13.3. The van der Waals surface area contributed by atoms with Crippen LogP contribution in [0.1, 0.15) is 25.8 Å². The van der Waals surface area contributed by atoms with Gasteiger partial charge in [-0.25, -0.2) is 0 Å². The molecule has 1 unspecified atom stereocenters. The molecular weight excluding hydrogens is 286 g/mol. The van der Waals surface area contributed by atoms with Crippen LogP contribution in [0.5, 0.6) is 5.75 Å². The molecule has 114 valence electrons. The molecule has 0 radical (unpaired) electrons. The van der Waals surface area contributed by atoms with E-state index in [1.165, 1.54) is 11.8 Å². The van der Waals surface area contributed by atoms with Gasteiger partial charge in [0.15, 0.2) is 5.12 Å². The maximum atomic E-state index is 11.9. The third-order valence-corrected chi connectivity index (χ3v) is 4.37. The van der Waals surface area contributed by atoms with Crippen molar-refractivity contribution in [1.82, 2.24) is 4.90 Å². The van der Waals surface area contributed by atoms with Crippen LogP contribution in [0.3, 0.4) is 0 Å². The molecule has 1 aliphatic rings. The van der Waals surface area contributed by atoms with Gasteiger partial charge >= 0.3 is 0 Å². The molecule has 0 bridgehead atoms. The minimum atomic E-state index is 0.0825. The molecule has 1 saturated heterocycles. The lowest BCUT2D eigenvalue weighted by Crippen LogP contribution is -2.27. The SMILES string of the molecule is CCOc1cccc(CCN2CC(SC(C)=O)CC2=O)c1. The molecule has 0 N–H and O–H groups in total. The minimum absolute atomic E-state index is 0.0825. The van der Waals surface area contributed by atoms with Crippen LogP contribution in [0.15, 0.2) is 24.3 Å². The average Bonchev–Trinajstić information content (AvgIpc) is 2.76. The number of nitrogens with zero attached hydrogens (tertiary/aromatic N) is 1. The monoisotopic (exact) mass is 307 g/mol. The van der Waals surface area contributed by atoms with Crippen LogP contribution in [0.25, 0.3) is 0 Å². The topological polar surface area (TPSA) is 46.6 Å². The zero-order chi connectivity index (χ0) is 15.2. The second kappa shape index (κ2) is 7.50. The second-order valence-corrected chi connectivity index (χ2v) is 6.58. The van der Waals surface area contributed by atoms with Gasteiger partial charge < -0.3 is 9.64 Å². The van der Waals surface area contributed by atoms with Crippen LogP contribution in [0.4, 0.5) is 0 Å². The van der Waals surface area contributed by atoms with Crippen molar-refractivity contribution >= 4 is 22.8 Å². The molecular formula is C16H21NO3S. The highest BCUT2D eigenvalue weighted by molar-refractivity contribution is 8.14. The molecule has 0 aliphatic carbocycles. The van der Waals surface area contributed by atoms with Crippen molar-refractivity contribution in [3.8, 4) is 5.75 Å². The molecule has 2 rings (SSSR count). The number of amides is 1. The van der Waals surface area contributed by atoms with Gasteiger partial charge in [-0.2, -0.15) is 0 Å². The Morgan fingerprint density at radius 3 is 3.00 bits per heavy atom. The van der Waals surface area contributed by atoms with Gasteiger partial charge in [-0.1, -0.05) is 23.9 Å². The van der Waals surface area contributed by atoms with E-state index in [2.05, 4.69) is 0 Å². The van der Waals surface area contributed by atoms with Crippen LogP contribution in [-0.2, 0) is 16.0 Å². The summed E-state index contributed by atoms with van der Waals surface area (Å²) in [6, 6.07) is 7.98. The van der Waals surface area contributed by atoms with E-state index < -0.39 is 0 Å².